The van der Waals surface area contributed by atoms with Crippen molar-refractivity contribution in [1.29, 1.82) is 0 Å². The van der Waals surface area contributed by atoms with Crippen molar-refractivity contribution < 1.29 is 17.9 Å². The third-order valence-electron chi connectivity index (χ3n) is 5.58. The number of aromatic nitrogens is 1. The van der Waals surface area contributed by atoms with Gasteiger partial charge in [0.1, 0.15) is 0 Å². The van der Waals surface area contributed by atoms with Crippen molar-refractivity contribution in [2.24, 2.45) is 5.92 Å². The van der Waals surface area contributed by atoms with Crippen molar-refractivity contribution in [2.75, 3.05) is 11.9 Å². The van der Waals surface area contributed by atoms with Crippen LogP contribution in [0.3, 0.4) is 0 Å². The molecule has 7 heteroatoms. The topological polar surface area (TPSA) is 37.0 Å². The van der Waals surface area contributed by atoms with Gasteiger partial charge in [-0.2, -0.15) is 13.2 Å². The Morgan fingerprint density at radius 1 is 1.11 bits per heavy atom. The van der Waals surface area contributed by atoms with Crippen LogP contribution in [0.2, 0.25) is 0 Å². The first-order valence-corrected chi connectivity index (χ1v) is 9.57. The smallest absolute Gasteiger partial charge is 0.377 e. The minimum Gasteiger partial charge on any atom is -0.377 e. The fourth-order valence-electron chi connectivity index (χ4n) is 4.42. The molecule has 0 spiro atoms. The second-order valence-corrected chi connectivity index (χ2v) is 7.98. The van der Waals surface area contributed by atoms with Gasteiger partial charge in [-0.3, -0.25) is 0 Å². The summed E-state index contributed by atoms with van der Waals surface area (Å²) in [4.78, 5) is 3.24. The number of halogens is 4. The van der Waals surface area contributed by atoms with E-state index in [1.807, 2.05) is 24.4 Å². The van der Waals surface area contributed by atoms with Crippen LogP contribution in [0, 0.1) is 5.92 Å². The molecule has 3 nitrogen and oxygen atoms in total. The Morgan fingerprint density at radius 2 is 1.96 bits per heavy atom. The zero-order chi connectivity index (χ0) is 18.8. The van der Waals surface area contributed by atoms with E-state index in [0.29, 0.717) is 12.2 Å². The molecule has 0 saturated carbocycles. The second-order valence-electron chi connectivity index (χ2n) is 7.07. The number of benzene rings is 2. The number of aromatic amines is 1. The minimum atomic E-state index is -4.42. The predicted octanol–water partition coefficient (Wildman–Crippen LogP) is 6.19. The van der Waals surface area contributed by atoms with E-state index in [1.165, 1.54) is 6.07 Å². The third kappa shape index (κ3) is 2.67. The van der Waals surface area contributed by atoms with Crippen LogP contribution in [0.4, 0.5) is 18.9 Å². The van der Waals surface area contributed by atoms with Gasteiger partial charge >= 0.3 is 6.18 Å². The highest BCUT2D eigenvalue weighted by Crippen LogP contribution is 2.53. The van der Waals surface area contributed by atoms with Crippen LogP contribution in [0.1, 0.15) is 35.3 Å². The standard InChI is InChI=1S/C20H16BrF3N2O/c21-10-4-5-16-13(8-10)14(9-25-16)17-12-6-7-27-19(12)11-2-1-3-15(18(11)26-17)20(22,23)24/h1-5,8-9,12,17,19,25-26H,6-7H2/t12-,17-,19+/m0/s1. The van der Waals surface area contributed by atoms with Crippen LogP contribution >= 0.6 is 15.9 Å². The molecule has 0 radical (unpaired) electrons. The molecule has 0 aliphatic carbocycles. The maximum Gasteiger partial charge on any atom is 0.418 e. The van der Waals surface area contributed by atoms with Crippen molar-refractivity contribution in [1.82, 2.24) is 4.98 Å². The number of hydrogen-bond donors (Lipinski definition) is 2. The first-order valence-electron chi connectivity index (χ1n) is 8.78. The van der Waals surface area contributed by atoms with Gasteiger partial charge in [-0.05, 0) is 30.7 Å². The SMILES string of the molecule is FC(F)(F)c1cccc2c1N[C@H](c1c[nH]c3ccc(Br)cc13)[C@@H]1CCO[C@H]21. The molecule has 2 aliphatic rings. The zero-order valence-corrected chi connectivity index (χ0v) is 15.7. The lowest BCUT2D eigenvalue weighted by Crippen LogP contribution is -2.30. The summed E-state index contributed by atoms with van der Waals surface area (Å²) in [5, 5.41) is 4.22. The quantitative estimate of drug-likeness (QED) is 0.476. The molecule has 5 rings (SSSR count). The summed E-state index contributed by atoms with van der Waals surface area (Å²) in [5.41, 5.74) is 2.03. The first-order chi connectivity index (χ1) is 12.9. The molecule has 2 aliphatic heterocycles. The number of nitrogens with one attached hydrogen (secondary N) is 2. The van der Waals surface area contributed by atoms with E-state index in [4.69, 9.17) is 4.74 Å². The molecule has 3 heterocycles. The van der Waals surface area contributed by atoms with E-state index >= 15 is 0 Å². The lowest BCUT2D eigenvalue weighted by atomic mass is 9.80. The van der Waals surface area contributed by atoms with Gasteiger partial charge < -0.3 is 15.0 Å². The summed E-state index contributed by atoms with van der Waals surface area (Å²) >= 11 is 3.49. The molecular weight excluding hydrogens is 421 g/mol. The summed E-state index contributed by atoms with van der Waals surface area (Å²) in [6.45, 7) is 0.551. The number of H-pyrrole nitrogens is 1. The van der Waals surface area contributed by atoms with Crippen molar-refractivity contribution in [3.8, 4) is 0 Å². The summed E-state index contributed by atoms with van der Waals surface area (Å²) in [5.74, 6) is 0.0824. The molecule has 2 aromatic carbocycles. The fraction of sp³-hybridized carbons (Fsp3) is 0.300. The summed E-state index contributed by atoms with van der Waals surface area (Å²) in [6.07, 6.45) is -2.05. The lowest BCUT2D eigenvalue weighted by Gasteiger charge is -2.37. The Hall–Kier alpha value is -1.99. The van der Waals surface area contributed by atoms with Crippen LogP contribution in [0.5, 0.6) is 0 Å². The van der Waals surface area contributed by atoms with Crippen molar-refractivity contribution in [3.63, 3.8) is 0 Å². The molecule has 1 saturated heterocycles. The molecule has 2 N–H and O–H groups in total. The Kier molecular flexibility index (Phi) is 3.81. The number of fused-ring (bicyclic) bond motifs is 4. The fourth-order valence-corrected chi connectivity index (χ4v) is 4.78. The van der Waals surface area contributed by atoms with Gasteiger partial charge in [-0.15, -0.1) is 0 Å². The largest absolute Gasteiger partial charge is 0.418 e. The molecule has 27 heavy (non-hydrogen) atoms. The number of rotatable bonds is 1. The van der Waals surface area contributed by atoms with Crippen LogP contribution in [-0.2, 0) is 10.9 Å². The number of alkyl halides is 3. The average molecular weight is 437 g/mol. The summed E-state index contributed by atoms with van der Waals surface area (Å²) in [7, 11) is 0. The van der Waals surface area contributed by atoms with E-state index in [9.17, 15) is 13.2 Å². The van der Waals surface area contributed by atoms with Gasteiger partial charge in [0.15, 0.2) is 0 Å². The van der Waals surface area contributed by atoms with Crippen LogP contribution in [0.25, 0.3) is 10.9 Å². The van der Waals surface area contributed by atoms with Crippen molar-refractivity contribution >= 4 is 32.5 Å². The van der Waals surface area contributed by atoms with E-state index in [0.717, 1.165) is 33.4 Å². The Morgan fingerprint density at radius 3 is 2.78 bits per heavy atom. The molecular formula is C20H16BrF3N2O. The highest BCUT2D eigenvalue weighted by atomic mass is 79.9. The summed E-state index contributed by atoms with van der Waals surface area (Å²) in [6, 6.07) is 9.98. The molecule has 0 bridgehead atoms. The Balaban J connectivity index is 1.68. The molecule has 1 fully saturated rings. The van der Waals surface area contributed by atoms with Gasteiger partial charge in [-0.25, -0.2) is 0 Å². The maximum atomic E-state index is 13.6. The van der Waals surface area contributed by atoms with E-state index in [-0.39, 0.29) is 23.8 Å². The van der Waals surface area contributed by atoms with Crippen LogP contribution in [0.15, 0.2) is 47.1 Å². The van der Waals surface area contributed by atoms with E-state index < -0.39 is 11.7 Å². The normalized spacial score (nSPS) is 24.5. The molecule has 140 valence electrons. The molecule has 1 aromatic heterocycles. The van der Waals surface area contributed by atoms with E-state index in [2.05, 4.69) is 26.2 Å². The van der Waals surface area contributed by atoms with Gasteiger partial charge in [0, 0.05) is 45.2 Å². The van der Waals surface area contributed by atoms with Crippen LogP contribution < -0.4 is 5.32 Å². The predicted molar refractivity (Wildman–Crippen MR) is 101 cm³/mol. The average Bonchev–Trinajstić information content (AvgIpc) is 3.26. The highest BCUT2D eigenvalue weighted by Gasteiger charge is 2.45. The van der Waals surface area contributed by atoms with Crippen LogP contribution in [-0.4, -0.2) is 11.6 Å². The second kappa shape index (κ2) is 6.01. The number of anilines is 1. The first kappa shape index (κ1) is 17.1. The van der Waals surface area contributed by atoms with Crippen molar-refractivity contribution in [2.45, 2.75) is 24.7 Å². The molecule has 0 amide bonds. The number of ether oxygens (including phenoxy) is 1. The zero-order valence-electron chi connectivity index (χ0n) is 14.1. The van der Waals surface area contributed by atoms with Gasteiger partial charge in [-0.1, -0.05) is 28.1 Å². The highest BCUT2D eigenvalue weighted by molar-refractivity contribution is 9.10. The van der Waals surface area contributed by atoms with E-state index in [1.54, 1.807) is 6.07 Å². The summed E-state index contributed by atoms with van der Waals surface area (Å²) < 4.78 is 47.6. The number of hydrogen-bond acceptors (Lipinski definition) is 2. The Bertz CT molecular complexity index is 1030. The van der Waals surface area contributed by atoms with Gasteiger partial charge in [0.25, 0.3) is 0 Å². The minimum absolute atomic E-state index is 0.0824. The number of para-hydroxylation sites is 1. The van der Waals surface area contributed by atoms with Gasteiger partial charge in [0.05, 0.1) is 23.4 Å². The molecule has 3 atom stereocenters. The van der Waals surface area contributed by atoms with Crippen molar-refractivity contribution in [3.05, 3.63) is 63.8 Å². The monoisotopic (exact) mass is 436 g/mol. The van der Waals surface area contributed by atoms with Gasteiger partial charge in [0.2, 0.25) is 0 Å². The molecule has 0 unspecified atom stereocenters. The lowest BCUT2D eigenvalue weighted by molar-refractivity contribution is -0.137. The third-order valence-corrected chi connectivity index (χ3v) is 6.08. The Labute approximate surface area is 162 Å². The molecule has 3 aromatic rings. The maximum absolute atomic E-state index is 13.6.